The molecule has 3 N–H and O–H groups in total. The zero-order valence-electron chi connectivity index (χ0n) is 6.88. The zero-order valence-corrected chi connectivity index (χ0v) is 6.88. The number of nitrogens with two attached hydrogens (primary N) is 1. The third-order valence-electron chi connectivity index (χ3n) is 1.59. The van der Waals surface area contributed by atoms with Gasteiger partial charge in [0.1, 0.15) is 0 Å². The third kappa shape index (κ3) is 1.81. The van der Waals surface area contributed by atoms with Gasteiger partial charge in [0, 0.05) is 5.69 Å². The smallest absolute Gasteiger partial charge is 0.238 e. The molecule has 5 heteroatoms. The molecule has 1 atom stereocenters. The van der Waals surface area contributed by atoms with Crippen molar-refractivity contribution in [3.63, 3.8) is 0 Å². The summed E-state index contributed by atoms with van der Waals surface area (Å²) in [7, 11) is 0. The highest BCUT2D eigenvalue weighted by molar-refractivity contribution is 5.79. The molecular weight excluding hydrogens is 166 g/mol. The van der Waals surface area contributed by atoms with Gasteiger partial charge in [0.2, 0.25) is 12.2 Å². The van der Waals surface area contributed by atoms with Crippen LogP contribution in [0.15, 0.2) is 45.6 Å². The van der Waals surface area contributed by atoms with E-state index in [2.05, 4.69) is 20.5 Å². The second kappa shape index (κ2) is 3.22. The Morgan fingerprint density at radius 2 is 2.00 bits per heavy atom. The number of benzene rings is 1. The summed E-state index contributed by atoms with van der Waals surface area (Å²) in [6.07, 6.45) is -0.373. The van der Waals surface area contributed by atoms with Crippen LogP contribution in [0.25, 0.3) is 0 Å². The van der Waals surface area contributed by atoms with E-state index in [1.54, 1.807) is 0 Å². The maximum atomic E-state index is 5.33. The van der Waals surface area contributed by atoms with Crippen LogP contribution in [-0.2, 0) is 0 Å². The zero-order chi connectivity index (χ0) is 9.10. The van der Waals surface area contributed by atoms with E-state index in [0.717, 1.165) is 5.69 Å². The minimum Gasteiger partial charge on any atom is -0.367 e. The largest absolute Gasteiger partial charge is 0.367 e. The molecular formula is C8H9N5. The highest BCUT2D eigenvalue weighted by Crippen LogP contribution is 2.10. The van der Waals surface area contributed by atoms with Crippen LogP contribution in [0.4, 0.5) is 5.69 Å². The first-order valence-corrected chi connectivity index (χ1v) is 3.90. The number of para-hydroxylation sites is 1. The van der Waals surface area contributed by atoms with Gasteiger partial charge in [0.25, 0.3) is 0 Å². The molecule has 1 heterocycles. The fraction of sp³-hybridized carbons (Fsp3) is 0.125. The Labute approximate surface area is 75.4 Å². The number of azo groups is 1. The Morgan fingerprint density at radius 1 is 1.23 bits per heavy atom. The lowest BCUT2D eigenvalue weighted by Crippen LogP contribution is -2.13. The molecule has 0 spiro atoms. The molecule has 0 bridgehead atoms. The van der Waals surface area contributed by atoms with Crippen LogP contribution < -0.4 is 11.1 Å². The first-order valence-electron chi connectivity index (χ1n) is 3.90. The molecule has 1 aromatic rings. The lowest BCUT2D eigenvalue weighted by Gasteiger charge is -2.06. The van der Waals surface area contributed by atoms with Gasteiger partial charge in [-0.3, -0.25) is 0 Å². The predicted molar refractivity (Wildman–Crippen MR) is 50.3 cm³/mol. The number of guanidine groups is 1. The summed E-state index contributed by atoms with van der Waals surface area (Å²) in [4.78, 5) is 3.93. The molecule has 1 aliphatic rings. The number of hydrogen-bond acceptors (Lipinski definition) is 5. The molecule has 5 nitrogen and oxygen atoms in total. The lowest BCUT2D eigenvalue weighted by atomic mass is 10.3. The van der Waals surface area contributed by atoms with Crippen molar-refractivity contribution < 1.29 is 0 Å². The Morgan fingerprint density at radius 3 is 2.62 bits per heavy atom. The number of aliphatic imine (C=N–C) groups is 1. The molecule has 0 saturated carbocycles. The van der Waals surface area contributed by atoms with E-state index in [9.17, 15) is 0 Å². The normalized spacial score (nSPS) is 20.0. The van der Waals surface area contributed by atoms with Crippen molar-refractivity contribution in [1.82, 2.24) is 0 Å². The molecule has 0 aliphatic carbocycles. The maximum Gasteiger partial charge on any atom is 0.238 e. The molecule has 66 valence electrons. The predicted octanol–water partition coefficient (Wildman–Crippen LogP) is 1.16. The second-order valence-electron chi connectivity index (χ2n) is 2.59. The van der Waals surface area contributed by atoms with Crippen LogP contribution in [0.2, 0.25) is 0 Å². The molecule has 13 heavy (non-hydrogen) atoms. The SMILES string of the molecule is NC1=NC(Nc2ccccc2)N=N1. The van der Waals surface area contributed by atoms with Crippen molar-refractivity contribution in [1.29, 1.82) is 0 Å². The summed E-state index contributed by atoms with van der Waals surface area (Å²) in [6, 6.07) is 9.67. The first-order chi connectivity index (χ1) is 6.34. The molecule has 0 radical (unpaired) electrons. The van der Waals surface area contributed by atoms with E-state index in [1.807, 2.05) is 30.3 Å². The standard InChI is InChI=1S/C8H9N5/c9-7-11-8(13-12-7)10-6-4-2-1-3-5-6/h1-5,8,10H,(H2,9,11). The van der Waals surface area contributed by atoms with Crippen molar-refractivity contribution in [3.8, 4) is 0 Å². The van der Waals surface area contributed by atoms with Crippen LogP contribution in [0.3, 0.4) is 0 Å². The van der Waals surface area contributed by atoms with Gasteiger partial charge in [-0.2, -0.15) is 0 Å². The Hall–Kier alpha value is -1.91. The molecule has 2 rings (SSSR count). The minimum absolute atomic E-state index is 0.216. The molecule has 0 aromatic heterocycles. The summed E-state index contributed by atoms with van der Waals surface area (Å²) in [6.45, 7) is 0. The van der Waals surface area contributed by atoms with Gasteiger partial charge in [-0.15, -0.1) is 10.2 Å². The highest BCUT2D eigenvalue weighted by Gasteiger charge is 2.10. The van der Waals surface area contributed by atoms with Gasteiger partial charge < -0.3 is 11.1 Å². The van der Waals surface area contributed by atoms with E-state index in [0.29, 0.717) is 0 Å². The third-order valence-corrected chi connectivity index (χ3v) is 1.59. The van der Waals surface area contributed by atoms with E-state index < -0.39 is 0 Å². The topological polar surface area (TPSA) is 75.1 Å². The van der Waals surface area contributed by atoms with Crippen molar-refractivity contribution in [2.45, 2.75) is 6.29 Å². The highest BCUT2D eigenvalue weighted by atomic mass is 15.4. The number of nitrogens with zero attached hydrogens (tertiary/aromatic N) is 3. The number of hydrogen-bond donors (Lipinski definition) is 2. The molecule has 0 amide bonds. The molecule has 1 aliphatic heterocycles. The second-order valence-corrected chi connectivity index (χ2v) is 2.59. The van der Waals surface area contributed by atoms with Crippen LogP contribution in [-0.4, -0.2) is 12.2 Å². The average Bonchev–Trinajstić information content (AvgIpc) is 2.53. The molecule has 1 aromatic carbocycles. The minimum atomic E-state index is -0.373. The van der Waals surface area contributed by atoms with Gasteiger partial charge in [-0.05, 0) is 12.1 Å². The first kappa shape index (κ1) is 7.72. The van der Waals surface area contributed by atoms with E-state index >= 15 is 0 Å². The average molecular weight is 175 g/mol. The summed E-state index contributed by atoms with van der Waals surface area (Å²) < 4.78 is 0. The van der Waals surface area contributed by atoms with E-state index in [4.69, 9.17) is 5.73 Å². The lowest BCUT2D eigenvalue weighted by molar-refractivity contribution is 0.804. The number of nitrogens with one attached hydrogen (secondary N) is 1. The summed E-state index contributed by atoms with van der Waals surface area (Å²) in [5, 5.41) is 10.4. The van der Waals surface area contributed by atoms with E-state index in [-0.39, 0.29) is 12.2 Å². The quantitative estimate of drug-likeness (QED) is 0.707. The number of rotatable bonds is 2. The van der Waals surface area contributed by atoms with Crippen molar-refractivity contribution in [2.75, 3.05) is 5.32 Å². The monoisotopic (exact) mass is 175 g/mol. The molecule has 0 saturated heterocycles. The van der Waals surface area contributed by atoms with Gasteiger partial charge in [-0.25, -0.2) is 4.99 Å². The fourth-order valence-electron chi connectivity index (χ4n) is 1.04. The van der Waals surface area contributed by atoms with E-state index in [1.165, 1.54) is 0 Å². The van der Waals surface area contributed by atoms with Crippen LogP contribution in [0, 0.1) is 0 Å². The van der Waals surface area contributed by atoms with Gasteiger partial charge in [0.05, 0.1) is 0 Å². The maximum absolute atomic E-state index is 5.33. The fourth-order valence-corrected chi connectivity index (χ4v) is 1.04. The summed E-state index contributed by atoms with van der Waals surface area (Å²) >= 11 is 0. The van der Waals surface area contributed by atoms with Gasteiger partial charge >= 0.3 is 0 Å². The van der Waals surface area contributed by atoms with Gasteiger partial charge in [-0.1, -0.05) is 18.2 Å². The van der Waals surface area contributed by atoms with Gasteiger partial charge in [0.15, 0.2) is 0 Å². The molecule has 1 unspecified atom stereocenters. The van der Waals surface area contributed by atoms with Crippen LogP contribution >= 0.6 is 0 Å². The summed E-state index contributed by atoms with van der Waals surface area (Å²) in [5.41, 5.74) is 6.28. The van der Waals surface area contributed by atoms with Crippen molar-refractivity contribution in [3.05, 3.63) is 30.3 Å². The Balaban J connectivity index is 2.04. The van der Waals surface area contributed by atoms with Crippen molar-refractivity contribution >= 4 is 11.6 Å². The Bertz CT molecular complexity index is 343. The van der Waals surface area contributed by atoms with Crippen LogP contribution in [0.1, 0.15) is 0 Å². The Kier molecular flexibility index (Phi) is 1.91. The van der Waals surface area contributed by atoms with Crippen molar-refractivity contribution in [2.24, 2.45) is 21.0 Å². The summed E-state index contributed by atoms with van der Waals surface area (Å²) in [5.74, 6) is 0.216. The number of anilines is 1. The molecule has 0 fully saturated rings. The van der Waals surface area contributed by atoms with Crippen LogP contribution in [0.5, 0.6) is 0 Å².